The van der Waals surface area contributed by atoms with Gasteiger partial charge in [0.25, 0.3) is 0 Å². The molecule has 0 radical (unpaired) electrons. The second-order valence-electron chi connectivity index (χ2n) is 5.21. The van der Waals surface area contributed by atoms with E-state index in [0.29, 0.717) is 0 Å². The maximum absolute atomic E-state index is 5.87. The van der Waals surface area contributed by atoms with Gasteiger partial charge in [0.2, 0.25) is 0 Å². The summed E-state index contributed by atoms with van der Waals surface area (Å²) in [7, 11) is 0. The molecule has 0 amide bonds. The average molecular weight is 196 g/mol. The average Bonchev–Trinajstić information content (AvgIpc) is 2.37. The third kappa shape index (κ3) is 1.01. The van der Waals surface area contributed by atoms with Crippen LogP contribution in [0.25, 0.3) is 0 Å². The number of hydrogen-bond acceptors (Lipinski definition) is 1. The highest BCUT2D eigenvalue weighted by molar-refractivity contribution is 5.25. The van der Waals surface area contributed by atoms with Crippen molar-refractivity contribution in [2.75, 3.05) is 0 Å². The van der Waals surface area contributed by atoms with Crippen LogP contribution < -0.4 is 0 Å². The molecule has 1 aliphatic heterocycles. The van der Waals surface area contributed by atoms with Gasteiger partial charge in [0.1, 0.15) is 5.60 Å². The quantitative estimate of drug-likeness (QED) is 0.565. The van der Waals surface area contributed by atoms with Crippen molar-refractivity contribution in [3.8, 4) is 0 Å². The molecule has 2 aliphatic rings. The second kappa shape index (κ2) is 3.01. The molecule has 2 rings (SSSR count). The lowest BCUT2D eigenvalue weighted by Crippen LogP contribution is -2.37. The molecule has 1 saturated heterocycles. The number of rotatable bonds is 0. The van der Waals surface area contributed by atoms with Gasteiger partial charge in [-0.25, -0.2) is 0 Å². The summed E-state index contributed by atoms with van der Waals surface area (Å²) in [6.45, 7) is 17.1. The van der Waals surface area contributed by atoms with Gasteiger partial charge in [-0.15, -0.1) is 0 Å². The van der Waals surface area contributed by atoms with E-state index in [4.69, 9.17) is 4.74 Å². The van der Waals surface area contributed by atoms with Gasteiger partial charge in [0.15, 0.2) is 0 Å². The summed E-state index contributed by atoms with van der Waals surface area (Å²) in [4.78, 5) is 0. The van der Waals surface area contributed by atoms with Gasteiger partial charge in [0.05, 0.1) is 5.76 Å². The van der Waals surface area contributed by atoms with Gasteiger partial charge in [-0.2, -0.15) is 0 Å². The number of hydrogen-bond donors (Lipinski definition) is 0. The lowest BCUT2D eigenvalue weighted by Gasteiger charge is -2.34. The van der Waals surface area contributed by atoms with Gasteiger partial charge in [0, 0.05) is 10.8 Å². The molecule has 82 valence electrons. The van der Waals surface area contributed by atoms with E-state index in [1.165, 1.54) is 12.8 Å². The monoisotopic (exact) mass is 196 g/mol. The maximum Gasteiger partial charge on any atom is 0.112 e. The minimum atomic E-state index is 0.0405. The van der Waals surface area contributed by atoms with Crippen LogP contribution in [0.4, 0.5) is 0 Å². The van der Waals surface area contributed by atoms with Crippen molar-refractivity contribution in [3.05, 3.63) is 12.3 Å². The number of fused-ring (bicyclic) bond motifs is 2. The second-order valence-corrected chi connectivity index (χ2v) is 5.21. The first-order valence-corrected chi connectivity index (χ1v) is 5.72. The zero-order valence-corrected chi connectivity index (χ0v) is 10.5. The molecule has 0 aromatic rings. The van der Waals surface area contributed by atoms with Crippen molar-refractivity contribution in [2.45, 2.75) is 60.0 Å². The summed E-state index contributed by atoms with van der Waals surface area (Å²) in [5, 5.41) is 0. The van der Waals surface area contributed by atoms with Gasteiger partial charge >= 0.3 is 0 Å². The summed E-state index contributed by atoms with van der Waals surface area (Å²) in [6, 6.07) is 0. The Morgan fingerprint density at radius 1 is 1.07 bits per heavy atom. The minimum Gasteiger partial charge on any atom is -0.491 e. The summed E-state index contributed by atoms with van der Waals surface area (Å²) < 4.78 is 5.87. The Bertz CT molecular complexity index is 254. The van der Waals surface area contributed by atoms with E-state index >= 15 is 0 Å². The Labute approximate surface area is 88.5 Å². The van der Waals surface area contributed by atoms with Crippen molar-refractivity contribution in [1.82, 2.24) is 0 Å². The molecule has 0 aromatic heterocycles. The minimum absolute atomic E-state index is 0.0405. The fourth-order valence-electron chi connectivity index (χ4n) is 2.75. The molecular weight excluding hydrogens is 172 g/mol. The Morgan fingerprint density at radius 3 is 1.71 bits per heavy atom. The molecule has 0 N–H and O–H groups in total. The molecule has 2 bridgehead atoms. The fourth-order valence-corrected chi connectivity index (χ4v) is 2.75. The van der Waals surface area contributed by atoms with E-state index in [1.807, 2.05) is 13.8 Å². The maximum atomic E-state index is 5.87. The van der Waals surface area contributed by atoms with Gasteiger partial charge < -0.3 is 4.74 Å². The topological polar surface area (TPSA) is 9.23 Å². The molecule has 2 fully saturated rings. The first-order chi connectivity index (χ1) is 6.33. The molecule has 14 heavy (non-hydrogen) atoms. The van der Waals surface area contributed by atoms with Gasteiger partial charge in [-0.05, 0) is 19.8 Å². The van der Waals surface area contributed by atoms with Crippen LogP contribution in [0.5, 0.6) is 0 Å². The van der Waals surface area contributed by atoms with Crippen LogP contribution in [0, 0.1) is 10.8 Å². The van der Waals surface area contributed by atoms with E-state index in [1.54, 1.807) is 0 Å². The third-order valence-corrected chi connectivity index (χ3v) is 4.77. The molecule has 2 atom stereocenters. The van der Waals surface area contributed by atoms with Crippen molar-refractivity contribution >= 4 is 0 Å². The number of ether oxygens (including phenoxy) is 1. The van der Waals surface area contributed by atoms with Crippen LogP contribution >= 0.6 is 0 Å². The Kier molecular flexibility index (Phi) is 2.50. The molecule has 0 aromatic carbocycles. The summed E-state index contributed by atoms with van der Waals surface area (Å²) >= 11 is 0. The zero-order valence-electron chi connectivity index (χ0n) is 10.5. The molecule has 1 nitrogen and oxygen atoms in total. The SMILES string of the molecule is C=C1OC2(C)CCC1(C)C2(C)C.CC. The van der Waals surface area contributed by atoms with Crippen LogP contribution in [0.3, 0.4) is 0 Å². The highest BCUT2D eigenvalue weighted by Gasteiger charge is 2.67. The van der Waals surface area contributed by atoms with Crippen molar-refractivity contribution in [2.24, 2.45) is 10.8 Å². The van der Waals surface area contributed by atoms with E-state index in [0.717, 1.165) is 5.76 Å². The van der Waals surface area contributed by atoms with E-state index in [-0.39, 0.29) is 16.4 Å². The number of allylic oxidation sites excluding steroid dienone is 1. The highest BCUT2D eigenvalue weighted by atomic mass is 16.5. The van der Waals surface area contributed by atoms with Crippen LogP contribution in [0.2, 0.25) is 0 Å². The third-order valence-electron chi connectivity index (χ3n) is 4.77. The van der Waals surface area contributed by atoms with Crippen molar-refractivity contribution in [3.63, 3.8) is 0 Å². The standard InChI is InChI=1S/C11H18O.C2H6/c1-8-10(4)6-7-11(5,12-8)9(10,2)3;1-2/h1,6-7H2,2-5H3;1-2H3. The smallest absolute Gasteiger partial charge is 0.112 e. The summed E-state index contributed by atoms with van der Waals surface area (Å²) in [5.41, 5.74) is 0.498. The van der Waals surface area contributed by atoms with Crippen molar-refractivity contribution < 1.29 is 4.74 Å². The molecule has 1 heterocycles. The molecule has 2 unspecified atom stereocenters. The normalized spacial score (nSPS) is 42.9. The molecular formula is C13H24O. The fraction of sp³-hybridized carbons (Fsp3) is 0.846. The molecule has 1 aliphatic carbocycles. The Hall–Kier alpha value is -0.460. The summed E-state index contributed by atoms with van der Waals surface area (Å²) in [5.74, 6) is 1.00. The molecule has 1 saturated carbocycles. The Morgan fingerprint density at radius 2 is 1.57 bits per heavy atom. The van der Waals surface area contributed by atoms with Crippen LogP contribution in [-0.4, -0.2) is 5.60 Å². The Balaban J connectivity index is 0.000000461. The summed E-state index contributed by atoms with van der Waals surface area (Å²) in [6.07, 6.45) is 2.41. The van der Waals surface area contributed by atoms with Crippen LogP contribution in [0.15, 0.2) is 12.3 Å². The lowest BCUT2D eigenvalue weighted by atomic mass is 9.66. The predicted molar refractivity (Wildman–Crippen MR) is 61.1 cm³/mol. The van der Waals surface area contributed by atoms with E-state index < -0.39 is 0 Å². The van der Waals surface area contributed by atoms with Gasteiger partial charge in [-0.3, -0.25) is 0 Å². The van der Waals surface area contributed by atoms with E-state index in [9.17, 15) is 0 Å². The van der Waals surface area contributed by atoms with Gasteiger partial charge in [-0.1, -0.05) is 41.2 Å². The van der Waals surface area contributed by atoms with E-state index in [2.05, 4.69) is 34.3 Å². The largest absolute Gasteiger partial charge is 0.491 e. The molecule has 0 spiro atoms. The van der Waals surface area contributed by atoms with Crippen LogP contribution in [0.1, 0.15) is 54.4 Å². The van der Waals surface area contributed by atoms with Crippen molar-refractivity contribution in [1.29, 1.82) is 0 Å². The highest BCUT2D eigenvalue weighted by Crippen LogP contribution is 2.68. The molecule has 1 heteroatoms. The predicted octanol–water partition coefficient (Wildman–Crippen LogP) is 4.14. The first-order valence-electron chi connectivity index (χ1n) is 5.72. The van der Waals surface area contributed by atoms with Crippen LogP contribution in [-0.2, 0) is 4.74 Å². The lowest BCUT2D eigenvalue weighted by molar-refractivity contribution is -0.00669. The zero-order chi connectivity index (χ0) is 11.2. The first kappa shape index (κ1) is 11.6.